The zero-order chi connectivity index (χ0) is 18.5. The van der Waals surface area contributed by atoms with Crippen molar-refractivity contribution >= 4 is 29.1 Å². The van der Waals surface area contributed by atoms with E-state index in [0.717, 1.165) is 36.7 Å². The zero-order valence-corrected chi connectivity index (χ0v) is 16.0. The van der Waals surface area contributed by atoms with Gasteiger partial charge in [-0.1, -0.05) is 23.7 Å². The summed E-state index contributed by atoms with van der Waals surface area (Å²) in [5, 5.41) is 9.23. The van der Waals surface area contributed by atoms with Crippen molar-refractivity contribution in [1.29, 1.82) is 0 Å². The van der Waals surface area contributed by atoms with Crippen LogP contribution in [0.1, 0.15) is 12.0 Å². The predicted molar refractivity (Wildman–Crippen MR) is 105 cm³/mol. The molecule has 0 N–H and O–H groups in total. The molecule has 26 heavy (non-hydrogen) atoms. The molecule has 0 radical (unpaired) electrons. The minimum absolute atomic E-state index is 0.193. The second-order valence-corrected chi connectivity index (χ2v) is 7.08. The summed E-state index contributed by atoms with van der Waals surface area (Å²) in [7, 11) is 3.88. The van der Waals surface area contributed by atoms with Crippen molar-refractivity contribution in [2.24, 2.45) is 0 Å². The normalized spacial score (nSPS) is 14.4. The number of carbonyl (C=O) groups is 1. The van der Waals surface area contributed by atoms with Crippen molar-refractivity contribution in [3.05, 3.63) is 47.0 Å². The Balaban J connectivity index is 1.49. The van der Waals surface area contributed by atoms with Crippen LogP contribution >= 0.6 is 11.6 Å². The van der Waals surface area contributed by atoms with Gasteiger partial charge in [-0.05, 0) is 36.2 Å². The number of nitrogens with zero attached hydrogens (tertiary/aromatic N) is 5. The van der Waals surface area contributed by atoms with Gasteiger partial charge in [-0.3, -0.25) is 4.79 Å². The SMILES string of the molecule is CN(C)c1ccc(N2CCN(C(=O)CCc3cccc(Cl)c3)CC2)nn1. The fraction of sp³-hybridized carbons (Fsp3) is 0.421. The highest BCUT2D eigenvalue weighted by Crippen LogP contribution is 2.17. The van der Waals surface area contributed by atoms with E-state index in [4.69, 9.17) is 11.6 Å². The van der Waals surface area contributed by atoms with Gasteiger partial charge in [0.1, 0.15) is 0 Å². The predicted octanol–water partition coefficient (Wildman–Crippen LogP) is 2.48. The number of amides is 1. The molecule has 0 aliphatic carbocycles. The maximum atomic E-state index is 12.5. The average Bonchev–Trinajstić information content (AvgIpc) is 2.66. The van der Waals surface area contributed by atoms with Crippen LogP contribution < -0.4 is 9.80 Å². The van der Waals surface area contributed by atoms with Crippen molar-refractivity contribution in [2.45, 2.75) is 12.8 Å². The molecule has 1 saturated heterocycles. The molecule has 1 fully saturated rings. The van der Waals surface area contributed by atoms with Crippen molar-refractivity contribution < 1.29 is 4.79 Å². The van der Waals surface area contributed by atoms with Crippen LogP contribution in [0.4, 0.5) is 11.6 Å². The van der Waals surface area contributed by atoms with E-state index < -0.39 is 0 Å². The van der Waals surface area contributed by atoms with Crippen LogP contribution in [0.3, 0.4) is 0 Å². The lowest BCUT2D eigenvalue weighted by Crippen LogP contribution is -2.49. The average molecular weight is 374 g/mol. The molecule has 1 amide bonds. The Hall–Kier alpha value is -2.34. The Morgan fingerprint density at radius 3 is 2.50 bits per heavy atom. The largest absolute Gasteiger partial charge is 0.361 e. The molecule has 0 unspecified atom stereocenters. The fourth-order valence-corrected chi connectivity index (χ4v) is 3.23. The fourth-order valence-electron chi connectivity index (χ4n) is 3.01. The topological polar surface area (TPSA) is 52.6 Å². The zero-order valence-electron chi connectivity index (χ0n) is 15.2. The number of halogens is 1. The molecule has 6 nitrogen and oxygen atoms in total. The molecule has 0 saturated carbocycles. The first-order chi connectivity index (χ1) is 12.5. The summed E-state index contributed by atoms with van der Waals surface area (Å²) in [6, 6.07) is 11.6. The summed E-state index contributed by atoms with van der Waals surface area (Å²) in [6.07, 6.45) is 1.23. The van der Waals surface area contributed by atoms with Gasteiger partial charge in [0, 0.05) is 51.7 Å². The van der Waals surface area contributed by atoms with Crippen molar-refractivity contribution in [1.82, 2.24) is 15.1 Å². The quantitative estimate of drug-likeness (QED) is 0.805. The van der Waals surface area contributed by atoms with Gasteiger partial charge in [-0.25, -0.2) is 0 Å². The number of anilines is 2. The van der Waals surface area contributed by atoms with E-state index in [2.05, 4.69) is 15.1 Å². The van der Waals surface area contributed by atoms with Crippen LogP contribution in [0.15, 0.2) is 36.4 Å². The van der Waals surface area contributed by atoms with Crippen LogP contribution in [0, 0.1) is 0 Å². The van der Waals surface area contributed by atoms with Gasteiger partial charge < -0.3 is 14.7 Å². The molecular formula is C19H24ClN5O. The van der Waals surface area contributed by atoms with Crippen LogP contribution in [-0.2, 0) is 11.2 Å². The molecule has 1 aromatic heterocycles. The van der Waals surface area contributed by atoms with E-state index in [9.17, 15) is 4.79 Å². The van der Waals surface area contributed by atoms with Crippen molar-refractivity contribution in [3.63, 3.8) is 0 Å². The number of rotatable bonds is 5. The third-order valence-electron chi connectivity index (χ3n) is 4.57. The van der Waals surface area contributed by atoms with Crippen LogP contribution in [-0.4, -0.2) is 61.3 Å². The first-order valence-electron chi connectivity index (χ1n) is 8.81. The minimum Gasteiger partial charge on any atom is -0.361 e. The standard InChI is InChI=1S/C19H24ClN5O/c1-23(2)17-7-8-18(22-21-17)24-10-12-25(13-11-24)19(26)9-6-15-4-3-5-16(20)14-15/h3-5,7-8,14H,6,9-13H2,1-2H3. The molecule has 138 valence electrons. The van der Waals surface area contributed by atoms with Gasteiger partial charge in [-0.2, -0.15) is 0 Å². The van der Waals surface area contributed by atoms with E-state index in [-0.39, 0.29) is 5.91 Å². The molecule has 3 rings (SSSR count). The van der Waals surface area contributed by atoms with Gasteiger partial charge in [0.25, 0.3) is 0 Å². The first kappa shape index (κ1) is 18.5. The summed E-state index contributed by atoms with van der Waals surface area (Å²) < 4.78 is 0. The summed E-state index contributed by atoms with van der Waals surface area (Å²) >= 11 is 6.00. The number of benzene rings is 1. The number of piperazine rings is 1. The highest BCUT2D eigenvalue weighted by atomic mass is 35.5. The maximum absolute atomic E-state index is 12.5. The minimum atomic E-state index is 0.193. The van der Waals surface area contributed by atoms with Gasteiger partial charge in [0.15, 0.2) is 11.6 Å². The molecule has 1 aliphatic heterocycles. The summed E-state index contributed by atoms with van der Waals surface area (Å²) in [6.45, 7) is 2.98. The maximum Gasteiger partial charge on any atom is 0.223 e. The van der Waals surface area contributed by atoms with Crippen molar-refractivity contribution in [3.8, 4) is 0 Å². The highest BCUT2D eigenvalue weighted by molar-refractivity contribution is 6.30. The lowest BCUT2D eigenvalue weighted by atomic mass is 10.1. The van der Waals surface area contributed by atoms with Gasteiger partial charge >= 0.3 is 0 Å². The third kappa shape index (κ3) is 4.64. The molecule has 2 aromatic rings. The molecule has 2 heterocycles. The van der Waals surface area contributed by atoms with Gasteiger partial charge in [-0.15, -0.1) is 10.2 Å². The Bertz CT molecular complexity index is 742. The third-order valence-corrected chi connectivity index (χ3v) is 4.80. The molecule has 0 atom stereocenters. The van der Waals surface area contributed by atoms with Gasteiger partial charge in [0.2, 0.25) is 5.91 Å². The monoisotopic (exact) mass is 373 g/mol. The van der Waals surface area contributed by atoms with E-state index in [1.807, 2.05) is 60.3 Å². The second-order valence-electron chi connectivity index (χ2n) is 6.64. The molecule has 0 spiro atoms. The van der Waals surface area contributed by atoms with E-state index in [1.165, 1.54) is 0 Å². The smallest absolute Gasteiger partial charge is 0.223 e. The van der Waals surface area contributed by atoms with Crippen LogP contribution in [0.2, 0.25) is 5.02 Å². The molecular weight excluding hydrogens is 350 g/mol. The Labute approximate surface area is 159 Å². The number of carbonyl (C=O) groups excluding carboxylic acids is 1. The summed E-state index contributed by atoms with van der Waals surface area (Å²) in [5.41, 5.74) is 1.10. The van der Waals surface area contributed by atoms with E-state index >= 15 is 0 Å². The summed E-state index contributed by atoms with van der Waals surface area (Å²) in [4.78, 5) is 18.5. The van der Waals surface area contributed by atoms with Crippen molar-refractivity contribution in [2.75, 3.05) is 50.1 Å². The molecule has 1 aromatic carbocycles. The highest BCUT2D eigenvalue weighted by Gasteiger charge is 2.22. The number of hydrogen-bond donors (Lipinski definition) is 0. The lowest BCUT2D eigenvalue weighted by molar-refractivity contribution is -0.131. The molecule has 7 heteroatoms. The van der Waals surface area contributed by atoms with Crippen LogP contribution in [0.5, 0.6) is 0 Å². The first-order valence-corrected chi connectivity index (χ1v) is 9.19. The lowest BCUT2D eigenvalue weighted by Gasteiger charge is -2.35. The number of aromatic nitrogens is 2. The van der Waals surface area contributed by atoms with Crippen LogP contribution in [0.25, 0.3) is 0 Å². The Morgan fingerprint density at radius 2 is 1.88 bits per heavy atom. The molecule has 0 bridgehead atoms. The van der Waals surface area contributed by atoms with E-state index in [0.29, 0.717) is 24.5 Å². The van der Waals surface area contributed by atoms with E-state index in [1.54, 1.807) is 0 Å². The Morgan fingerprint density at radius 1 is 1.12 bits per heavy atom. The summed E-state index contributed by atoms with van der Waals surface area (Å²) in [5.74, 6) is 1.89. The second kappa shape index (κ2) is 8.36. The Kier molecular flexibility index (Phi) is 5.93. The van der Waals surface area contributed by atoms with Gasteiger partial charge in [0.05, 0.1) is 0 Å². The number of aryl methyl sites for hydroxylation is 1. The molecule has 1 aliphatic rings. The number of hydrogen-bond acceptors (Lipinski definition) is 5.